The highest BCUT2D eigenvalue weighted by Crippen LogP contribution is 2.21. The Hall–Kier alpha value is -2.27. The van der Waals surface area contributed by atoms with Crippen molar-refractivity contribution < 1.29 is 4.39 Å². The van der Waals surface area contributed by atoms with E-state index in [9.17, 15) is 4.39 Å². The van der Waals surface area contributed by atoms with E-state index in [0.717, 1.165) is 11.3 Å². The Balaban J connectivity index is 2.08. The van der Waals surface area contributed by atoms with E-state index in [-0.39, 0.29) is 5.82 Å². The van der Waals surface area contributed by atoms with Crippen LogP contribution in [0.1, 0.15) is 5.69 Å². The number of nitrogens with two attached hydrogens (primary N) is 1. The first-order chi connectivity index (χ1) is 9.28. The minimum Gasteiger partial charge on any atom is -0.330 e. The Kier molecular flexibility index (Phi) is 2.97. The Morgan fingerprint density at radius 3 is 2.84 bits per heavy atom. The molecule has 2 aromatic heterocycles. The second kappa shape index (κ2) is 4.78. The second-order valence-electron chi connectivity index (χ2n) is 4.30. The van der Waals surface area contributed by atoms with Crippen LogP contribution in [0.5, 0.6) is 0 Å². The molecule has 0 saturated carbocycles. The molecule has 3 rings (SSSR count). The van der Waals surface area contributed by atoms with Crippen LogP contribution in [0.4, 0.5) is 4.39 Å². The number of hydrogen-bond acceptors (Lipinski definition) is 3. The molecule has 0 aliphatic heterocycles. The molecule has 0 radical (unpaired) electrons. The minimum atomic E-state index is -0.258. The van der Waals surface area contributed by atoms with Gasteiger partial charge in [-0.15, -0.1) is 0 Å². The summed E-state index contributed by atoms with van der Waals surface area (Å²) in [6.45, 7) is 0.546. The Labute approximate surface area is 109 Å². The number of benzene rings is 1. The van der Waals surface area contributed by atoms with Crippen molar-refractivity contribution in [3.8, 4) is 11.1 Å². The van der Waals surface area contributed by atoms with Gasteiger partial charge >= 0.3 is 0 Å². The van der Waals surface area contributed by atoms with Crippen molar-refractivity contribution in [3.05, 3.63) is 54.4 Å². The summed E-state index contributed by atoms with van der Waals surface area (Å²) in [5.41, 5.74) is 7.65. The van der Waals surface area contributed by atoms with Crippen LogP contribution in [0, 0.1) is 5.82 Å². The lowest BCUT2D eigenvalue weighted by Crippen LogP contribution is -2.02. The van der Waals surface area contributed by atoms with E-state index in [2.05, 4.69) is 9.97 Å². The Morgan fingerprint density at radius 2 is 2.05 bits per heavy atom. The molecule has 96 valence electrons. The topological polar surface area (TPSA) is 56.2 Å². The van der Waals surface area contributed by atoms with Gasteiger partial charge in [0.05, 0.1) is 5.69 Å². The zero-order chi connectivity index (χ0) is 13.2. The summed E-state index contributed by atoms with van der Waals surface area (Å²) in [6, 6.07) is 6.64. The molecule has 0 aliphatic rings. The van der Waals surface area contributed by atoms with Crippen molar-refractivity contribution in [2.75, 3.05) is 6.54 Å². The van der Waals surface area contributed by atoms with Gasteiger partial charge in [-0.2, -0.15) is 0 Å². The summed E-state index contributed by atoms with van der Waals surface area (Å²) in [7, 11) is 0. The van der Waals surface area contributed by atoms with E-state index in [1.807, 2.05) is 12.4 Å². The maximum atomic E-state index is 13.7. The van der Waals surface area contributed by atoms with Crippen molar-refractivity contribution in [2.24, 2.45) is 5.73 Å². The lowest BCUT2D eigenvalue weighted by atomic mass is 10.1. The normalized spacial score (nSPS) is 11.1. The number of aromatic nitrogens is 3. The van der Waals surface area contributed by atoms with Crippen LogP contribution in [0.2, 0.25) is 0 Å². The molecule has 0 unspecified atom stereocenters. The average molecular weight is 256 g/mol. The summed E-state index contributed by atoms with van der Waals surface area (Å²) < 4.78 is 15.5. The lowest BCUT2D eigenvalue weighted by Gasteiger charge is -2.02. The van der Waals surface area contributed by atoms with Gasteiger partial charge in [0.15, 0.2) is 0 Å². The van der Waals surface area contributed by atoms with Crippen LogP contribution in [0.25, 0.3) is 16.9 Å². The molecule has 0 spiro atoms. The molecule has 0 aliphatic carbocycles. The fourth-order valence-electron chi connectivity index (χ4n) is 2.04. The van der Waals surface area contributed by atoms with Gasteiger partial charge in [-0.05, 0) is 12.6 Å². The van der Waals surface area contributed by atoms with E-state index in [1.165, 1.54) is 6.07 Å². The van der Waals surface area contributed by atoms with Crippen molar-refractivity contribution in [1.82, 2.24) is 14.4 Å². The number of imidazole rings is 1. The van der Waals surface area contributed by atoms with E-state index in [4.69, 9.17) is 5.73 Å². The van der Waals surface area contributed by atoms with E-state index in [1.54, 1.807) is 28.8 Å². The van der Waals surface area contributed by atoms with Gasteiger partial charge in [0, 0.05) is 36.1 Å². The third-order valence-electron chi connectivity index (χ3n) is 2.95. The summed E-state index contributed by atoms with van der Waals surface area (Å²) in [5, 5.41) is 0. The molecule has 5 heteroatoms. The maximum Gasteiger partial charge on any atom is 0.233 e. The molecular formula is C14H13FN4. The lowest BCUT2D eigenvalue weighted by molar-refractivity contribution is 0.631. The summed E-state index contributed by atoms with van der Waals surface area (Å²) in [6.07, 6.45) is 6.04. The fraction of sp³-hybridized carbons (Fsp3) is 0.143. The van der Waals surface area contributed by atoms with Gasteiger partial charge in [0.25, 0.3) is 0 Å². The third kappa shape index (κ3) is 2.20. The van der Waals surface area contributed by atoms with Crippen LogP contribution in [-0.2, 0) is 6.42 Å². The molecule has 0 bridgehead atoms. The van der Waals surface area contributed by atoms with Crippen molar-refractivity contribution in [1.29, 1.82) is 0 Å². The summed E-state index contributed by atoms with van der Waals surface area (Å²) in [5.74, 6) is 0.342. The quantitative estimate of drug-likeness (QED) is 0.780. The molecule has 0 amide bonds. The average Bonchev–Trinajstić information content (AvgIpc) is 2.81. The molecule has 0 saturated heterocycles. The number of nitrogens with zero attached hydrogens (tertiary/aromatic N) is 3. The molecule has 19 heavy (non-hydrogen) atoms. The summed E-state index contributed by atoms with van der Waals surface area (Å²) >= 11 is 0. The van der Waals surface area contributed by atoms with E-state index < -0.39 is 0 Å². The molecular weight excluding hydrogens is 243 g/mol. The number of halogens is 1. The third-order valence-corrected chi connectivity index (χ3v) is 2.95. The fourth-order valence-corrected chi connectivity index (χ4v) is 2.04. The zero-order valence-corrected chi connectivity index (χ0v) is 10.3. The Morgan fingerprint density at radius 1 is 1.21 bits per heavy atom. The molecule has 3 aromatic rings. The van der Waals surface area contributed by atoms with Crippen molar-refractivity contribution in [3.63, 3.8) is 0 Å². The van der Waals surface area contributed by atoms with Crippen LogP contribution in [0.3, 0.4) is 0 Å². The van der Waals surface area contributed by atoms with Crippen molar-refractivity contribution in [2.45, 2.75) is 6.42 Å². The standard InChI is InChI=1S/C14H13FN4/c15-13-4-2-1-3-12(13)10-7-17-14-18-11(5-6-16)9-19(14)8-10/h1-4,7-9H,5-6,16H2. The smallest absolute Gasteiger partial charge is 0.233 e. The van der Waals surface area contributed by atoms with Gasteiger partial charge in [0.1, 0.15) is 5.82 Å². The highest BCUT2D eigenvalue weighted by atomic mass is 19.1. The van der Waals surface area contributed by atoms with Crippen molar-refractivity contribution >= 4 is 5.78 Å². The van der Waals surface area contributed by atoms with Gasteiger partial charge in [-0.3, -0.25) is 4.40 Å². The molecule has 0 atom stereocenters. The first-order valence-electron chi connectivity index (χ1n) is 6.06. The monoisotopic (exact) mass is 256 g/mol. The highest BCUT2D eigenvalue weighted by molar-refractivity contribution is 5.63. The minimum absolute atomic E-state index is 0.258. The van der Waals surface area contributed by atoms with E-state index >= 15 is 0 Å². The molecule has 2 N–H and O–H groups in total. The van der Waals surface area contributed by atoms with Crippen LogP contribution < -0.4 is 5.73 Å². The molecule has 2 heterocycles. The largest absolute Gasteiger partial charge is 0.330 e. The molecule has 4 nitrogen and oxygen atoms in total. The SMILES string of the molecule is NCCc1cn2cc(-c3ccccc3F)cnc2n1. The maximum absolute atomic E-state index is 13.7. The number of fused-ring (bicyclic) bond motifs is 1. The highest BCUT2D eigenvalue weighted by Gasteiger charge is 2.07. The van der Waals surface area contributed by atoms with Gasteiger partial charge in [-0.1, -0.05) is 18.2 Å². The second-order valence-corrected chi connectivity index (χ2v) is 4.30. The first-order valence-corrected chi connectivity index (χ1v) is 6.06. The summed E-state index contributed by atoms with van der Waals surface area (Å²) in [4.78, 5) is 8.58. The van der Waals surface area contributed by atoms with Gasteiger partial charge in [0.2, 0.25) is 5.78 Å². The molecule has 1 aromatic carbocycles. The first kappa shape index (κ1) is 11.8. The number of hydrogen-bond donors (Lipinski definition) is 1. The Bertz CT molecular complexity index is 720. The van der Waals surface area contributed by atoms with Crippen LogP contribution in [-0.4, -0.2) is 20.9 Å². The van der Waals surface area contributed by atoms with Gasteiger partial charge in [-0.25, -0.2) is 14.4 Å². The number of rotatable bonds is 3. The molecule has 0 fully saturated rings. The van der Waals surface area contributed by atoms with E-state index in [0.29, 0.717) is 24.3 Å². The predicted molar refractivity (Wildman–Crippen MR) is 71.1 cm³/mol. The van der Waals surface area contributed by atoms with Crippen LogP contribution >= 0.6 is 0 Å². The van der Waals surface area contributed by atoms with Crippen LogP contribution in [0.15, 0.2) is 42.9 Å². The van der Waals surface area contributed by atoms with Gasteiger partial charge < -0.3 is 5.73 Å². The zero-order valence-electron chi connectivity index (χ0n) is 10.3. The predicted octanol–water partition coefficient (Wildman–Crippen LogP) is 2.04.